The molecule has 0 aliphatic heterocycles. The zero-order valence-corrected chi connectivity index (χ0v) is 10.3. The highest BCUT2D eigenvalue weighted by Gasteiger charge is 2.11. The van der Waals surface area contributed by atoms with Gasteiger partial charge in [-0.2, -0.15) is 11.8 Å². The molecule has 0 atom stereocenters. The topological polar surface area (TPSA) is 55.4 Å². The van der Waals surface area contributed by atoms with Crippen LogP contribution in [0.5, 0.6) is 0 Å². The van der Waals surface area contributed by atoms with Crippen LogP contribution in [0.15, 0.2) is 18.2 Å². The molecule has 0 spiro atoms. The molecule has 0 saturated heterocycles. The van der Waals surface area contributed by atoms with Crippen LogP contribution in [0.25, 0.3) is 0 Å². The second-order valence-electron chi connectivity index (χ2n) is 3.17. The summed E-state index contributed by atoms with van der Waals surface area (Å²) in [5.41, 5.74) is 0.167. The van der Waals surface area contributed by atoms with Crippen LogP contribution in [0.1, 0.15) is 10.4 Å². The molecule has 0 fully saturated rings. The second kappa shape index (κ2) is 6.24. The van der Waals surface area contributed by atoms with Crippen molar-refractivity contribution in [3.8, 4) is 0 Å². The van der Waals surface area contributed by atoms with E-state index in [1.807, 2.05) is 0 Å². The van der Waals surface area contributed by atoms with E-state index in [1.54, 1.807) is 6.26 Å². The number of hydrogen-bond donors (Lipinski definition) is 1. The van der Waals surface area contributed by atoms with Gasteiger partial charge in [-0.15, -0.1) is 0 Å². The number of amides is 1. The summed E-state index contributed by atoms with van der Waals surface area (Å²) < 4.78 is 17.9. The number of thioether (sulfide) groups is 1. The Bertz CT molecular complexity index is 437. The van der Waals surface area contributed by atoms with Gasteiger partial charge < -0.3 is 10.1 Å². The van der Waals surface area contributed by atoms with Gasteiger partial charge in [0.25, 0.3) is 0 Å². The van der Waals surface area contributed by atoms with Gasteiger partial charge in [-0.05, 0) is 24.5 Å². The van der Waals surface area contributed by atoms with Gasteiger partial charge in [0.1, 0.15) is 5.82 Å². The fourth-order valence-corrected chi connectivity index (χ4v) is 1.52. The molecule has 0 saturated carbocycles. The number of ether oxygens (including phenoxy) is 1. The first-order chi connectivity index (χ1) is 8.08. The van der Waals surface area contributed by atoms with Crippen molar-refractivity contribution in [2.24, 2.45) is 0 Å². The highest BCUT2D eigenvalue weighted by Crippen LogP contribution is 2.17. The molecule has 6 heteroatoms. The Hall–Kier alpha value is -1.56. The van der Waals surface area contributed by atoms with Crippen molar-refractivity contribution in [3.63, 3.8) is 0 Å². The molecule has 1 rings (SSSR count). The zero-order chi connectivity index (χ0) is 12.8. The van der Waals surface area contributed by atoms with Crippen molar-refractivity contribution in [1.29, 1.82) is 0 Å². The molecule has 1 aromatic carbocycles. The minimum Gasteiger partial charge on any atom is -0.465 e. The molecule has 0 heterocycles. The van der Waals surface area contributed by atoms with Crippen LogP contribution in [-0.4, -0.2) is 31.0 Å². The standard InChI is InChI=1S/C11H12FNO3S/c1-16-11(15)7-3-4-8(12)9(5-7)13-10(14)6-17-2/h3-5H,6H2,1-2H3,(H,13,14). The molecule has 0 aliphatic rings. The molecule has 1 aromatic rings. The lowest BCUT2D eigenvalue weighted by molar-refractivity contribution is -0.113. The van der Waals surface area contributed by atoms with E-state index in [0.29, 0.717) is 0 Å². The molecular formula is C11H12FNO3S. The number of anilines is 1. The molecule has 0 aliphatic carbocycles. The van der Waals surface area contributed by atoms with E-state index in [1.165, 1.54) is 31.0 Å². The van der Waals surface area contributed by atoms with Crippen molar-refractivity contribution < 1.29 is 18.7 Å². The third-order valence-corrected chi connectivity index (χ3v) is 2.49. The average molecular weight is 257 g/mol. The number of carbonyl (C=O) groups excluding carboxylic acids is 2. The third kappa shape index (κ3) is 3.74. The second-order valence-corrected chi connectivity index (χ2v) is 4.03. The summed E-state index contributed by atoms with van der Waals surface area (Å²) >= 11 is 1.32. The third-order valence-electron chi connectivity index (χ3n) is 1.94. The predicted molar refractivity (Wildman–Crippen MR) is 64.8 cm³/mol. The van der Waals surface area contributed by atoms with Crippen molar-refractivity contribution in [1.82, 2.24) is 0 Å². The van der Waals surface area contributed by atoms with E-state index in [4.69, 9.17) is 0 Å². The predicted octanol–water partition coefficient (Wildman–Crippen LogP) is 1.91. The van der Waals surface area contributed by atoms with Gasteiger partial charge in [0, 0.05) is 0 Å². The number of nitrogens with one attached hydrogen (secondary N) is 1. The molecule has 0 bridgehead atoms. The van der Waals surface area contributed by atoms with Crippen LogP contribution in [0.3, 0.4) is 0 Å². The summed E-state index contributed by atoms with van der Waals surface area (Å²) in [4.78, 5) is 22.5. The maximum absolute atomic E-state index is 13.4. The zero-order valence-electron chi connectivity index (χ0n) is 9.45. The van der Waals surface area contributed by atoms with Gasteiger partial charge in [0.05, 0.1) is 24.1 Å². The summed E-state index contributed by atoms with van der Waals surface area (Å²) in [7, 11) is 1.23. The van der Waals surface area contributed by atoms with Gasteiger partial charge >= 0.3 is 5.97 Å². The van der Waals surface area contributed by atoms with Crippen LogP contribution < -0.4 is 5.32 Å². The summed E-state index contributed by atoms with van der Waals surface area (Å²) in [6, 6.07) is 3.66. The van der Waals surface area contributed by atoms with E-state index < -0.39 is 11.8 Å². The molecule has 17 heavy (non-hydrogen) atoms. The SMILES string of the molecule is COC(=O)c1ccc(F)c(NC(=O)CSC)c1. The first-order valence-corrected chi connectivity index (χ1v) is 6.14. The first kappa shape index (κ1) is 13.5. The van der Waals surface area contributed by atoms with Crippen molar-refractivity contribution >= 4 is 29.3 Å². The largest absolute Gasteiger partial charge is 0.465 e. The highest BCUT2D eigenvalue weighted by molar-refractivity contribution is 7.99. The number of benzene rings is 1. The summed E-state index contributed by atoms with van der Waals surface area (Å²) in [5.74, 6) is -1.27. The van der Waals surface area contributed by atoms with E-state index in [0.717, 1.165) is 6.07 Å². The van der Waals surface area contributed by atoms with E-state index in [2.05, 4.69) is 10.1 Å². The maximum atomic E-state index is 13.4. The first-order valence-electron chi connectivity index (χ1n) is 4.75. The number of rotatable bonds is 4. The Morgan fingerprint density at radius 1 is 1.47 bits per heavy atom. The number of esters is 1. The molecule has 1 amide bonds. The normalized spacial score (nSPS) is 9.82. The lowest BCUT2D eigenvalue weighted by Gasteiger charge is -2.07. The molecule has 92 valence electrons. The van der Waals surface area contributed by atoms with Crippen LogP contribution in [0, 0.1) is 5.82 Å². The average Bonchev–Trinajstić information content (AvgIpc) is 2.31. The minimum absolute atomic E-state index is 0.0213. The van der Waals surface area contributed by atoms with Crippen molar-refractivity contribution in [3.05, 3.63) is 29.6 Å². The fourth-order valence-electron chi connectivity index (χ4n) is 1.18. The highest BCUT2D eigenvalue weighted by atomic mass is 32.2. The Labute approximate surface area is 103 Å². The molecular weight excluding hydrogens is 245 g/mol. The van der Waals surface area contributed by atoms with Crippen molar-refractivity contribution in [2.45, 2.75) is 0 Å². The molecule has 1 N–H and O–H groups in total. The number of hydrogen-bond acceptors (Lipinski definition) is 4. The quantitative estimate of drug-likeness (QED) is 0.837. The number of methoxy groups -OCH3 is 1. The Kier molecular flexibility index (Phi) is 4.96. The van der Waals surface area contributed by atoms with E-state index in [-0.39, 0.29) is 22.9 Å². The van der Waals surface area contributed by atoms with Crippen LogP contribution in [0.2, 0.25) is 0 Å². The smallest absolute Gasteiger partial charge is 0.337 e. The van der Waals surface area contributed by atoms with E-state index in [9.17, 15) is 14.0 Å². The summed E-state index contributed by atoms with van der Waals surface area (Å²) in [5, 5.41) is 2.39. The maximum Gasteiger partial charge on any atom is 0.337 e. The van der Waals surface area contributed by atoms with Gasteiger partial charge in [-0.25, -0.2) is 9.18 Å². The van der Waals surface area contributed by atoms with Crippen LogP contribution >= 0.6 is 11.8 Å². The Balaban J connectivity index is 2.90. The van der Waals surface area contributed by atoms with Crippen molar-refractivity contribution in [2.75, 3.05) is 24.4 Å². The molecule has 0 aromatic heterocycles. The summed E-state index contributed by atoms with van der Waals surface area (Å²) in [6.45, 7) is 0. The molecule has 4 nitrogen and oxygen atoms in total. The fraction of sp³-hybridized carbons (Fsp3) is 0.273. The number of halogens is 1. The van der Waals surface area contributed by atoms with Gasteiger partial charge in [-0.1, -0.05) is 0 Å². The van der Waals surface area contributed by atoms with Gasteiger partial charge in [0.15, 0.2) is 0 Å². The van der Waals surface area contributed by atoms with E-state index >= 15 is 0 Å². The van der Waals surface area contributed by atoms with Gasteiger partial charge in [0.2, 0.25) is 5.91 Å². The molecule has 0 radical (unpaired) electrons. The number of carbonyl (C=O) groups is 2. The van der Waals surface area contributed by atoms with Crippen LogP contribution in [-0.2, 0) is 9.53 Å². The lowest BCUT2D eigenvalue weighted by Crippen LogP contribution is -2.15. The van der Waals surface area contributed by atoms with Gasteiger partial charge in [-0.3, -0.25) is 4.79 Å². The Morgan fingerprint density at radius 3 is 2.76 bits per heavy atom. The lowest BCUT2D eigenvalue weighted by atomic mass is 10.2. The Morgan fingerprint density at radius 2 is 2.18 bits per heavy atom. The van der Waals surface area contributed by atoms with Crippen LogP contribution in [0.4, 0.5) is 10.1 Å². The molecule has 0 unspecified atom stereocenters. The minimum atomic E-state index is -0.591. The monoisotopic (exact) mass is 257 g/mol. The summed E-state index contributed by atoms with van der Waals surface area (Å²) in [6.07, 6.45) is 1.76.